The van der Waals surface area contributed by atoms with Crippen LogP contribution in [0.4, 0.5) is 0 Å². The highest BCUT2D eigenvalue weighted by molar-refractivity contribution is 5.89. The second kappa shape index (κ2) is 5.89. The van der Waals surface area contributed by atoms with Crippen molar-refractivity contribution in [3.05, 3.63) is 0 Å². The van der Waals surface area contributed by atoms with Gasteiger partial charge in [-0.15, -0.1) is 0 Å². The topological polar surface area (TPSA) is 46.2 Å². The van der Waals surface area contributed by atoms with Crippen LogP contribution in [0.15, 0.2) is 0 Å². The number of nitrogens with one attached hydrogen (secondary N) is 1. The summed E-state index contributed by atoms with van der Waals surface area (Å²) < 4.78 is 0. The number of rotatable bonds is 5. The summed E-state index contributed by atoms with van der Waals surface area (Å²) in [6.45, 7) is 9.88. The monoisotopic (exact) mass is 213 g/mol. The highest BCUT2D eigenvalue weighted by Crippen LogP contribution is 2.13. The third kappa shape index (κ3) is 7.11. The molecule has 0 spiro atoms. The fourth-order valence-electron chi connectivity index (χ4n) is 0.952. The number of carbonyl (C=O) groups is 2. The maximum absolute atomic E-state index is 11.5. The number of carbonyl (C=O) groups excluding carboxylic acids is 2. The van der Waals surface area contributed by atoms with Crippen LogP contribution in [-0.4, -0.2) is 18.2 Å². The molecule has 0 aliphatic rings. The molecule has 0 unspecified atom stereocenters. The molecule has 0 saturated heterocycles. The van der Waals surface area contributed by atoms with Gasteiger partial charge in [0.15, 0.2) is 5.78 Å². The van der Waals surface area contributed by atoms with Crippen molar-refractivity contribution in [2.45, 2.75) is 47.5 Å². The molecular formula is C12H23NO2. The molecule has 0 saturated carbocycles. The van der Waals surface area contributed by atoms with Gasteiger partial charge in [-0.2, -0.15) is 0 Å². The molecule has 3 heteroatoms. The number of ketones is 1. The minimum Gasteiger partial charge on any atom is -0.349 e. The fraction of sp³-hybridized carbons (Fsp3) is 0.833. The van der Waals surface area contributed by atoms with E-state index in [1.54, 1.807) is 0 Å². The van der Waals surface area contributed by atoms with Crippen molar-refractivity contribution < 1.29 is 9.59 Å². The molecule has 0 aromatic carbocycles. The molecule has 0 bridgehead atoms. The Bertz CT molecular complexity index is 226. The maximum Gasteiger partial charge on any atom is 0.220 e. The van der Waals surface area contributed by atoms with E-state index in [9.17, 15) is 9.59 Å². The summed E-state index contributed by atoms with van der Waals surface area (Å²) in [6.07, 6.45) is 1.38. The second-order valence-electron chi connectivity index (χ2n) is 5.38. The van der Waals surface area contributed by atoms with Gasteiger partial charge < -0.3 is 5.32 Å². The molecule has 0 atom stereocenters. The van der Waals surface area contributed by atoms with Gasteiger partial charge >= 0.3 is 0 Å². The molecule has 0 radical (unpaired) electrons. The average Bonchev–Trinajstić information content (AvgIpc) is 2.09. The number of hydrogen-bond donors (Lipinski definition) is 1. The summed E-state index contributed by atoms with van der Waals surface area (Å²) in [6, 6.07) is 0. The Balaban J connectivity index is 3.77. The lowest BCUT2D eigenvalue weighted by Gasteiger charge is -2.16. The zero-order valence-electron chi connectivity index (χ0n) is 10.5. The van der Waals surface area contributed by atoms with E-state index in [1.807, 2.05) is 20.8 Å². The zero-order chi connectivity index (χ0) is 12.1. The molecule has 1 N–H and O–H groups in total. The van der Waals surface area contributed by atoms with E-state index in [-0.39, 0.29) is 23.7 Å². The summed E-state index contributed by atoms with van der Waals surface area (Å²) in [5, 5.41) is 2.66. The van der Waals surface area contributed by atoms with Crippen LogP contribution in [-0.2, 0) is 9.59 Å². The van der Waals surface area contributed by atoms with Crippen molar-refractivity contribution in [1.29, 1.82) is 0 Å². The minimum atomic E-state index is -0.370. The molecule has 0 aromatic rings. The molecule has 88 valence electrons. The Morgan fingerprint density at radius 1 is 1.20 bits per heavy atom. The molecular weight excluding hydrogens is 190 g/mol. The predicted octanol–water partition coefficient (Wildman–Crippen LogP) is 2.15. The van der Waals surface area contributed by atoms with E-state index in [0.717, 1.165) is 6.42 Å². The lowest BCUT2D eigenvalue weighted by molar-refractivity contribution is -0.129. The molecule has 0 heterocycles. The first-order chi connectivity index (χ1) is 6.73. The van der Waals surface area contributed by atoms with Gasteiger partial charge in [-0.1, -0.05) is 34.6 Å². The van der Waals surface area contributed by atoms with Gasteiger partial charge in [-0.25, -0.2) is 0 Å². The van der Waals surface area contributed by atoms with Crippen LogP contribution in [0.1, 0.15) is 47.5 Å². The van der Waals surface area contributed by atoms with Crippen LogP contribution < -0.4 is 5.32 Å². The van der Waals surface area contributed by atoms with Gasteiger partial charge in [0.2, 0.25) is 5.91 Å². The molecule has 0 aliphatic heterocycles. The van der Waals surface area contributed by atoms with E-state index < -0.39 is 0 Å². The third-order valence-electron chi connectivity index (χ3n) is 2.23. The first kappa shape index (κ1) is 14.1. The molecule has 1 amide bonds. The molecule has 0 rings (SSSR count). The van der Waals surface area contributed by atoms with Crippen molar-refractivity contribution in [1.82, 2.24) is 5.32 Å². The number of hydrogen-bond acceptors (Lipinski definition) is 2. The van der Waals surface area contributed by atoms with E-state index >= 15 is 0 Å². The summed E-state index contributed by atoms with van der Waals surface area (Å²) in [5.74, 6) is 0.566. The Morgan fingerprint density at radius 2 is 1.73 bits per heavy atom. The summed E-state index contributed by atoms with van der Waals surface area (Å²) >= 11 is 0. The second-order valence-corrected chi connectivity index (χ2v) is 5.38. The minimum absolute atomic E-state index is 0.0266. The summed E-state index contributed by atoms with van der Waals surface area (Å²) in [7, 11) is 0. The average molecular weight is 213 g/mol. The first-order valence-corrected chi connectivity index (χ1v) is 5.53. The Labute approximate surface area is 92.6 Å². The van der Waals surface area contributed by atoms with Crippen LogP contribution >= 0.6 is 0 Å². The SMILES string of the molecule is CC(C)CCC(=O)NCC(=O)C(C)(C)C. The van der Waals surface area contributed by atoms with Crippen molar-refractivity contribution in [3.63, 3.8) is 0 Å². The zero-order valence-corrected chi connectivity index (χ0v) is 10.5. The van der Waals surface area contributed by atoms with Crippen LogP contribution in [0, 0.1) is 11.3 Å². The lowest BCUT2D eigenvalue weighted by Crippen LogP contribution is -2.35. The summed E-state index contributed by atoms with van der Waals surface area (Å²) in [5.41, 5.74) is -0.370. The Kier molecular flexibility index (Phi) is 5.55. The fourth-order valence-corrected chi connectivity index (χ4v) is 0.952. The largest absolute Gasteiger partial charge is 0.349 e. The maximum atomic E-state index is 11.5. The molecule has 15 heavy (non-hydrogen) atoms. The molecule has 0 aromatic heterocycles. The molecule has 3 nitrogen and oxygen atoms in total. The van der Waals surface area contributed by atoms with Gasteiger partial charge in [0.05, 0.1) is 6.54 Å². The number of Topliss-reactive ketones (excluding diaryl/α,β-unsaturated/α-hetero) is 1. The van der Waals surface area contributed by atoms with Crippen molar-refractivity contribution >= 4 is 11.7 Å². The summed E-state index contributed by atoms with van der Waals surface area (Å²) in [4.78, 5) is 22.8. The van der Waals surface area contributed by atoms with Crippen LogP contribution in [0.5, 0.6) is 0 Å². The van der Waals surface area contributed by atoms with Gasteiger partial charge in [-0.3, -0.25) is 9.59 Å². The van der Waals surface area contributed by atoms with Gasteiger partial charge in [0, 0.05) is 11.8 Å². The Hall–Kier alpha value is -0.860. The molecule has 0 aliphatic carbocycles. The normalized spacial score (nSPS) is 11.6. The van der Waals surface area contributed by atoms with Gasteiger partial charge in [0.1, 0.15) is 0 Å². The van der Waals surface area contributed by atoms with E-state index in [4.69, 9.17) is 0 Å². The highest BCUT2D eigenvalue weighted by Gasteiger charge is 2.21. The number of amides is 1. The molecule has 0 fully saturated rings. The van der Waals surface area contributed by atoms with Crippen LogP contribution in [0.2, 0.25) is 0 Å². The predicted molar refractivity (Wildman–Crippen MR) is 61.5 cm³/mol. The first-order valence-electron chi connectivity index (χ1n) is 5.53. The lowest BCUT2D eigenvalue weighted by atomic mass is 9.91. The third-order valence-corrected chi connectivity index (χ3v) is 2.23. The van der Waals surface area contributed by atoms with Crippen LogP contribution in [0.3, 0.4) is 0 Å². The van der Waals surface area contributed by atoms with Crippen molar-refractivity contribution in [2.24, 2.45) is 11.3 Å². The van der Waals surface area contributed by atoms with Crippen LogP contribution in [0.25, 0.3) is 0 Å². The smallest absolute Gasteiger partial charge is 0.220 e. The standard InChI is InChI=1S/C12H23NO2/c1-9(2)6-7-11(15)13-8-10(14)12(3,4)5/h9H,6-8H2,1-5H3,(H,13,15). The highest BCUT2D eigenvalue weighted by atomic mass is 16.2. The van der Waals surface area contributed by atoms with E-state index in [0.29, 0.717) is 12.3 Å². The van der Waals surface area contributed by atoms with Crippen molar-refractivity contribution in [2.75, 3.05) is 6.54 Å². The van der Waals surface area contributed by atoms with E-state index in [1.165, 1.54) is 0 Å². The quantitative estimate of drug-likeness (QED) is 0.760. The van der Waals surface area contributed by atoms with E-state index in [2.05, 4.69) is 19.2 Å². The van der Waals surface area contributed by atoms with Crippen molar-refractivity contribution in [3.8, 4) is 0 Å². The van der Waals surface area contributed by atoms with Gasteiger partial charge in [-0.05, 0) is 12.3 Å². The van der Waals surface area contributed by atoms with Gasteiger partial charge in [0.25, 0.3) is 0 Å². The Morgan fingerprint density at radius 3 is 2.13 bits per heavy atom.